The zero-order valence-corrected chi connectivity index (χ0v) is 9.60. The van der Waals surface area contributed by atoms with Crippen LogP contribution in [0.4, 0.5) is 5.82 Å². The highest BCUT2D eigenvalue weighted by Crippen LogP contribution is 2.17. The molecule has 0 unspecified atom stereocenters. The van der Waals surface area contributed by atoms with Crippen LogP contribution in [0.3, 0.4) is 0 Å². The predicted octanol–water partition coefficient (Wildman–Crippen LogP) is 2.23. The molecule has 0 spiro atoms. The van der Waals surface area contributed by atoms with E-state index in [4.69, 9.17) is 11.6 Å². The van der Waals surface area contributed by atoms with Crippen LogP contribution in [0.15, 0.2) is 12.1 Å². The first kappa shape index (κ1) is 11.3. The monoisotopic (exact) mass is 213 g/mol. The van der Waals surface area contributed by atoms with Crippen molar-refractivity contribution in [1.29, 1.82) is 0 Å². The molecule has 0 amide bonds. The molecule has 0 saturated carbocycles. The van der Waals surface area contributed by atoms with Crippen LogP contribution in [-0.4, -0.2) is 30.5 Å². The van der Waals surface area contributed by atoms with E-state index in [2.05, 4.69) is 22.1 Å². The predicted molar refractivity (Wildman–Crippen MR) is 60.8 cm³/mol. The molecule has 0 aliphatic rings. The lowest BCUT2D eigenvalue weighted by atomic mass is 10.3. The Morgan fingerprint density at radius 2 is 2.21 bits per heavy atom. The van der Waals surface area contributed by atoms with Crippen LogP contribution in [0.25, 0.3) is 0 Å². The highest BCUT2D eigenvalue weighted by atomic mass is 35.5. The molecule has 0 atom stereocenters. The number of hydrogen-bond donors (Lipinski definition) is 1. The Hall–Kier alpha value is -0.800. The highest BCUT2D eigenvalue weighted by Gasteiger charge is 2.05. The summed E-state index contributed by atoms with van der Waals surface area (Å²) in [5.41, 5.74) is 0.919. The van der Waals surface area contributed by atoms with Gasteiger partial charge in [-0.25, -0.2) is 4.98 Å². The van der Waals surface area contributed by atoms with Crippen LogP contribution in [0.5, 0.6) is 0 Å². The third kappa shape index (κ3) is 2.86. The molecule has 78 valence electrons. The van der Waals surface area contributed by atoms with Crippen molar-refractivity contribution in [2.75, 3.05) is 26.0 Å². The van der Waals surface area contributed by atoms with Crippen molar-refractivity contribution in [2.24, 2.45) is 0 Å². The van der Waals surface area contributed by atoms with Gasteiger partial charge in [-0.15, -0.1) is 0 Å². The molecule has 0 saturated heterocycles. The fourth-order valence-corrected chi connectivity index (χ4v) is 1.27. The van der Waals surface area contributed by atoms with Crippen LogP contribution >= 0.6 is 11.6 Å². The molecular formula is C10H16ClN3. The smallest absolute Gasteiger partial charge is 0.126 e. The van der Waals surface area contributed by atoms with Crippen molar-refractivity contribution in [3.05, 3.63) is 22.8 Å². The minimum Gasteiger partial charge on any atom is -0.373 e. The largest absolute Gasteiger partial charge is 0.373 e. The van der Waals surface area contributed by atoms with E-state index in [1.807, 2.05) is 26.2 Å². The van der Waals surface area contributed by atoms with Crippen LogP contribution in [0.2, 0.25) is 5.02 Å². The molecule has 0 aromatic carbocycles. The van der Waals surface area contributed by atoms with E-state index in [0.717, 1.165) is 29.6 Å². The van der Waals surface area contributed by atoms with Gasteiger partial charge in [0, 0.05) is 13.6 Å². The van der Waals surface area contributed by atoms with E-state index in [1.165, 1.54) is 0 Å². The summed E-state index contributed by atoms with van der Waals surface area (Å²) in [7, 11) is 3.90. The fraction of sp³-hybridized carbons (Fsp3) is 0.500. The zero-order valence-electron chi connectivity index (χ0n) is 8.84. The Balaban J connectivity index is 2.83. The Bertz CT molecular complexity index is 301. The molecule has 1 aromatic rings. The minimum absolute atomic E-state index is 0.726. The first-order chi connectivity index (χ1) is 6.67. The molecule has 1 heterocycles. The maximum absolute atomic E-state index is 6.04. The number of anilines is 1. The molecule has 0 bridgehead atoms. The summed E-state index contributed by atoms with van der Waals surface area (Å²) < 4.78 is 0. The summed E-state index contributed by atoms with van der Waals surface area (Å²) in [5.74, 6) is 0.855. The number of rotatable bonds is 4. The lowest BCUT2D eigenvalue weighted by Crippen LogP contribution is -2.18. The lowest BCUT2D eigenvalue weighted by molar-refractivity contribution is 0.341. The number of aromatic nitrogens is 1. The third-order valence-electron chi connectivity index (χ3n) is 2.13. The Kier molecular flexibility index (Phi) is 4.17. The van der Waals surface area contributed by atoms with Gasteiger partial charge in [-0.05, 0) is 25.7 Å². The number of nitrogens with zero attached hydrogens (tertiary/aromatic N) is 2. The maximum Gasteiger partial charge on any atom is 0.126 e. The second-order valence-corrected chi connectivity index (χ2v) is 3.61. The summed E-state index contributed by atoms with van der Waals surface area (Å²) in [4.78, 5) is 6.55. The SMILES string of the molecule is CCN(C)Cc1nc(NC)ccc1Cl. The topological polar surface area (TPSA) is 28.2 Å². The van der Waals surface area contributed by atoms with Gasteiger partial charge in [-0.2, -0.15) is 0 Å². The second-order valence-electron chi connectivity index (χ2n) is 3.21. The number of nitrogens with one attached hydrogen (secondary N) is 1. The quantitative estimate of drug-likeness (QED) is 0.832. The van der Waals surface area contributed by atoms with Crippen molar-refractivity contribution < 1.29 is 0 Å². The molecule has 3 nitrogen and oxygen atoms in total. The molecule has 1 N–H and O–H groups in total. The molecule has 0 radical (unpaired) electrons. The molecule has 0 aliphatic carbocycles. The molecule has 0 aliphatic heterocycles. The zero-order chi connectivity index (χ0) is 10.6. The average molecular weight is 214 g/mol. The van der Waals surface area contributed by atoms with Gasteiger partial charge in [0.15, 0.2) is 0 Å². The van der Waals surface area contributed by atoms with Crippen LogP contribution in [0, 0.1) is 0 Å². The summed E-state index contributed by atoms with van der Waals surface area (Å²) >= 11 is 6.04. The summed E-state index contributed by atoms with van der Waals surface area (Å²) in [5, 5.41) is 3.72. The lowest BCUT2D eigenvalue weighted by Gasteiger charge is -2.14. The van der Waals surface area contributed by atoms with E-state index in [-0.39, 0.29) is 0 Å². The van der Waals surface area contributed by atoms with Crippen LogP contribution in [0.1, 0.15) is 12.6 Å². The first-order valence-corrected chi connectivity index (χ1v) is 5.07. The van der Waals surface area contributed by atoms with E-state index in [1.54, 1.807) is 0 Å². The van der Waals surface area contributed by atoms with Crippen molar-refractivity contribution in [3.8, 4) is 0 Å². The number of halogens is 1. The van der Waals surface area contributed by atoms with Gasteiger partial charge in [-0.1, -0.05) is 18.5 Å². The maximum atomic E-state index is 6.04. The van der Waals surface area contributed by atoms with Crippen molar-refractivity contribution in [2.45, 2.75) is 13.5 Å². The van der Waals surface area contributed by atoms with Gasteiger partial charge >= 0.3 is 0 Å². The molecule has 1 aromatic heterocycles. The third-order valence-corrected chi connectivity index (χ3v) is 2.48. The number of pyridine rings is 1. The molecule has 14 heavy (non-hydrogen) atoms. The summed E-state index contributed by atoms with van der Waals surface area (Å²) in [6.45, 7) is 3.88. The molecule has 4 heteroatoms. The van der Waals surface area contributed by atoms with Crippen LogP contribution in [-0.2, 0) is 6.54 Å². The molecular weight excluding hydrogens is 198 g/mol. The van der Waals surface area contributed by atoms with Gasteiger partial charge in [0.1, 0.15) is 5.82 Å². The average Bonchev–Trinajstić information content (AvgIpc) is 2.21. The van der Waals surface area contributed by atoms with E-state index in [0.29, 0.717) is 0 Å². The fourth-order valence-electron chi connectivity index (χ4n) is 1.10. The van der Waals surface area contributed by atoms with Gasteiger partial charge in [0.25, 0.3) is 0 Å². The highest BCUT2D eigenvalue weighted by molar-refractivity contribution is 6.31. The van der Waals surface area contributed by atoms with Gasteiger partial charge in [-0.3, -0.25) is 0 Å². The van der Waals surface area contributed by atoms with E-state index >= 15 is 0 Å². The first-order valence-electron chi connectivity index (χ1n) is 4.69. The Morgan fingerprint density at radius 1 is 1.50 bits per heavy atom. The number of hydrogen-bond acceptors (Lipinski definition) is 3. The van der Waals surface area contributed by atoms with Gasteiger partial charge in [0.2, 0.25) is 0 Å². The standard InChI is InChI=1S/C10H16ClN3/c1-4-14(3)7-9-8(11)5-6-10(12-2)13-9/h5-6H,4,7H2,1-3H3,(H,12,13). The normalized spacial score (nSPS) is 10.6. The van der Waals surface area contributed by atoms with Gasteiger partial charge < -0.3 is 10.2 Å². The Morgan fingerprint density at radius 3 is 2.79 bits per heavy atom. The van der Waals surface area contributed by atoms with Crippen LogP contribution < -0.4 is 5.32 Å². The van der Waals surface area contributed by atoms with E-state index in [9.17, 15) is 0 Å². The molecule has 1 rings (SSSR count). The van der Waals surface area contributed by atoms with E-state index < -0.39 is 0 Å². The van der Waals surface area contributed by atoms with Crippen molar-refractivity contribution in [3.63, 3.8) is 0 Å². The van der Waals surface area contributed by atoms with Crippen molar-refractivity contribution in [1.82, 2.24) is 9.88 Å². The Labute approximate surface area is 90.1 Å². The summed E-state index contributed by atoms with van der Waals surface area (Å²) in [6.07, 6.45) is 0. The summed E-state index contributed by atoms with van der Waals surface area (Å²) in [6, 6.07) is 3.75. The van der Waals surface area contributed by atoms with Gasteiger partial charge in [0.05, 0.1) is 10.7 Å². The van der Waals surface area contributed by atoms with Crippen molar-refractivity contribution >= 4 is 17.4 Å². The minimum atomic E-state index is 0.726. The second kappa shape index (κ2) is 5.17. The molecule has 0 fully saturated rings.